The Morgan fingerprint density at radius 3 is 2.09 bits per heavy atom. The van der Waals surface area contributed by atoms with E-state index in [1.807, 2.05) is 19.9 Å². The van der Waals surface area contributed by atoms with Gasteiger partial charge in [-0.25, -0.2) is 8.42 Å². The molecule has 0 saturated carbocycles. The first kappa shape index (κ1) is 16.7. The molecule has 0 aliphatic heterocycles. The van der Waals surface area contributed by atoms with Crippen molar-refractivity contribution < 1.29 is 13.2 Å². The number of halogens is 1. The third-order valence-corrected chi connectivity index (χ3v) is 4.76. The molecular weight excluding hydrogens is 322 g/mol. The van der Waals surface area contributed by atoms with Crippen molar-refractivity contribution in [1.82, 2.24) is 4.72 Å². The number of hydrogen-bond acceptors (Lipinski definition) is 3. The molecule has 0 aromatic heterocycles. The third-order valence-electron chi connectivity index (χ3n) is 3.14. The SMILES string of the molecule is Cc1cc(C)cc(S(=O)(=O)N[C@@H](C(=O)Cl)c2ccccc2)c1. The highest BCUT2D eigenvalue weighted by Crippen LogP contribution is 2.21. The fraction of sp³-hybridized carbons (Fsp3) is 0.188. The summed E-state index contributed by atoms with van der Waals surface area (Å²) in [6.45, 7) is 3.63. The Hall–Kier alpha value is -1.69. The Morgan fingerprint density at radius 2 is 1.59 bits per heavy atom. The van der Waals surface area contributed by atoms with E-state index in [1.54, 1.807) is 42.5 Å². The molecule has 2 rings (SSSR count). The van der Waals surface area contributed by atoms with E-state index in [1.165, 1.54) is 0 Å². The van der Waals surface area contributed by atoms with E-state index in [0.717, 1.165) is 11.1 Å². The molecule has 0 aliphatic rings. The van der Waals surface area contributed by atoms with Crippen LogP contribution in [-0.2, 0) is 14.8 Å². The monoisotopic (exact) mass is 337 g/mol. The number of carbonyl (C=O) groups is 1. The Bertz CT molecular complexity index is 768. The largest absolute Gasteiger partial charge is 0.279 e. The summed E-state index contributed by atoms with van der Waals surface area (Å²) in [6, 6.07) is 12.4. The molecule has 0 heterocycles. The van der Waals surface area contributed by atoms with Crippen LogP contribution < -0.4 is 4.72 Å². The van der Waals surface area contributed by atoms with Crippen LogP contribution in [-0.4, -0.2) is 13.7 Å². The second-order valence-electron chi connectivity index (χ2n) is 5.09. The Balaban J connectivity index is 2.39. The van der Waals surface area contributed by atoms with E-state index in [-0.39, 0.29) is 4.90 Å². The van der Waals surface area contributed by atoms with Crippen molar-refractivity contribution in [2.24, 2.45) is 0 Å². The molecule has 0 aliphatic carbocycles. The highest BCUT2D eigenvalue weighted by molar-refractivity contribution is 7.89. The number of hydrogen-bond donors (Lipinski definition) is 1. The first-order valence-electron chi connectivity index (χ1n) is 6.64. The lowest BCUT2D eigenvalue weighted by molar-refractivity contribution is -0.113. The van der Waals surface area contributed by atoms with Crippen molar-refractivity contribution in [3.05, 3.63) is 65.2 Å². The van der Waals surface area contributed by atoms with Gasteiger partial charge < -0.3 is 0 Å². The van der Waals surface area contributed by atoms with Gasteiger partial charge in [0.05, 0.1) is 4.90 Å². The number of carbonyl (C=O) groups excluding carboxylic acids is 1. The van der Waals surface area contributed by atoms with Gasteiger partial charge in [-0.05, 0) is 54.3 Å². The highest BCUT2D eigenvalue weighted by atomic mass is 35.5. The topological polar surface area (TPSA) is 63.2 Å². The van der Waals surface area contributed by atoms with Crippen molar-refractivity contribution >= 4 is 26.9 Å². The summed E-state index contributed by atoms with van der Waals surface area (Å²) >= 11 is 5.57. The lowest BCUT2D eigenvalue weighted by Crippen LogP contribution is -2.32. The number of sulfonamides is 1. The van der Waals surface area contributed by atoms with Gasteiger partial charge >= 0.3 is 0 Å². The number of aryl methyl sites for hydroxylation is 2. The molecular formula is C16H16ClNO3S. The average Bonchev–Trinajstić information content (AvgIpc) is 2.44. The lowest BCUT2D eigenvalue weighted by atomic mass is 10.1. The molecule has 0 amide bonds. The fourth-order valence-electron chi connectivity index (χ4n) is 2.20. The first-order chi connectivity index (χ1) is 10.3. The van der Waals surface area contributed by atoms with Gasteiger partial charge in [0.2, 0.25) is 15.3 Å². The van der Waals surface area contributed by atoms with Crippen LogP contribution in [0.2, 0.25) is 0 Å². The number of benzene rings is 2. The zero-order chi connectivity index (χ0) is 16.3. The van der Waals surface area contributed by atoms with Crippen LogP contribution in [0.5, 0.6) is 0 Å². The molecule has 0 unspecified atom stereocenters. The molecule has 0 radical (unpaired) electrons. The van der Waals surface area contributed by atoms with Gasteiger partial charge in [0, 0.05) is 0 Å². The Kier molecular flexibility index (Phi) is 5.01. The van der Waals surface area contributed by atoms with Crippen LogP contribution >= 0.6 is 11.6 Å². The molecule has 2 aromatic rings. The van der Waals surface area contributed by atoms with Crippen molar-refractivity contribution in [1.29, 1.82) is 0 Å². The summed E-state index contributed by atoms with van der Waals surface area (Å²) in [5.41, 5.74) is 2.15. The third kappa shape index (κ3) is 3.94. The lowest BCUT2D eigenvalue weighted by Gasteiger charge is -2.16. The van der Waals surface area contributed by atoms with Gasteiger partial charge in [-0.3, -0.25) is 4.79 Å². The van der Waals surface area contributed by atoms with Crippen molar-refractivity contribution in [3.63, 3.8) is 0 Å². The van der Waals surface area contributed by atoms with E-state index < -0.39 is 21.3 Å². The standard InChI is InChI=1S/C16H16ClNO3S/c1-11-8-12(2)10-14(9-11)22(20,21)18-15(16(17)19)13-6-4-3-5-7-13/h3-10,15,18H,1-2H3/t15-/m1/s1. The highest BCUT2D eigenvalue weighted by Gasteiger charge is 2.26. The summed E-state index contributed by atoms with van der Waals surface area (Å²) < 4.78 is 27.4. The molecule has 0 saturated heterocycles. The van der Waals surface area contributed by atoms with Crippen LogP contribution in [0.4, 0.5) is 0 Å². The number of rotatable bonds is 5. The molecule has 1 atom stereocenters. The maximum Gasteiger partial charge on any atom is 0.244 e. The van der Waals surface area contributed by atoms with Crippen LogP contribution in [0, 0.1) is 13.8 Å². The summed E-state index contributed by atoms with van der Waals surface area (Å²) in [5, 5.41) is -0.779. The second kappa shape index (κ2) is 6.60. The molecule has 2 aromatic carbocycles. The summed E-state index contributed by atoms with van der Waals surface area (Å²) in [4.78, 5) is 11.7. The minimum absolute atomic E-state index is 0.115. The summed E-state index contributed by atoms with van der Waals surface area (Å²) in [7, 11) is -3.85. The van der Waals surface area contributed by atoms with E-state index >= 15 is 0 Å². The molecule has 6 heteroatoms. The fourth-order valence-corrected chi connectivity index (χ4v) is 3.82. The van der Waals surface area contributed by atoms with Gasteiger partial charge in [-0.2, -0.15) is 4.72 Å². The molecule has 0 bridgehead atoms. The molecule has 0 fully saturated rings. The minimum Gasteiger partial charge on any atom is -0.279 e. The zero-order valence-corrected chi connectivity index (χ0v) is 13.8. The van der Waals surface area contributed by atoms with Crippen molar-refractivity contribution in [2.75, 3.05) is 0 Å². The predicted molar refractivity (Wildman–Crippen MR) is 86.3 cm³/mol. The van der Waals surface area contributed by atoms with Gasteiger partial charge in [-0.15, -0.1) is 0 Å². The van der Waals surface area contributed by atoms with E-state index in [2.05, 4.69) is 4.72 Å². The van der Waals surface area contributed by atoms with E-state index in [4.69, 9.17) is 11.6 Å². The van der Waals surface area contributed by atoms with Crippen LogP contribution in [0.1, 0.15) is 22.7 Å². The minimum atomic E-state index is -3.85. The van der Waals surface area contributed by atoms with Gasteiger partial charge in [0.1, 0.15) is 6.04 Å². The van der Waals surface area contributed by atoms with E-state index in [0.29, 0.717) is 5.56 Å². The van der Waals surface area contributed by atoms with Crippen LogP contribution in [0.15, 0.2) is 53.4 Å². The second-order valence-corrected chi connectivity index (χ2v) is 7.18. The maximum atomic E-state index is 12.5. The molecule has 4 nitrogen and oxygen atoms in total. The van der Waals surface area contributed by atoms with Gasteiger partial charge in [0.15, 0.2) is 0 Å². The normalized spacial score (nSPS) is 12.9. The smallest absolute Gasteiger partial charge is 0.244 e. The van der Waals surface area contributed by atoms with Crippen LogP contribution in [0.3, 0.4) is 0 Å². The first-order valence-corrected chi connectivity index (χ1v) is 8.50. The summed E-state index contributed by atoms with van der Waals surface area (Å²) in [6.07, 6.45) is 0. The molecule has 22 heavy (non-hydrogen) atoms. The molecule has 116 valence electrons. The zero-order valence-electron chi connectivity index (χ0n) is 12.2. The summed E-state index contributed by atoms with van der Waals surface area (Å²) in [5.74, 6) is 0. The van der Waals surface area contributed by atoms with Gasteiger partial charge in [0.25, 0.3) is 0 Å². The molecule has 1 N–H and O–H groups in total. The van der Waals surface area contributed by atoms with Gasteiger partial charge in [-0.1, -0.05) is 36.4 Å². The van der Waals surface area contributed by atoms with Crippen molar-refractivity contribution in [3.8, 4) is 0 Å². The Morgan fingerprint density at radius 1 is 1.05 bits per heavy atom. The predicted octanol–water partition coefficient (Wildman–Crippen LogP) is 3.09. The number of nitrogens with one attached hydrogen (secondary N) is 1. The Labute approximate surface area is 135 Å². The van der Waals surface area contributed by atoms with Crippen LogP contribution in [0.25, 0.3) is 0 Å². The molecule has 0 spiro atoms. The van der Waals surface area contributed by atoms with E-state index in [9.17, 15) is 13.2 Å². The van der Waals surface area contributed by atoms with Crippen molar-refractivity contribution in [2.45, 2.75) is 24.8 Å². The maximum absolute atomic E-state index is 12.5. The quantitative estimate of drug-likeness (QED) is 0.853. The average molecular weight is 338 g/mol.